The summed E-state index contributed by atoms with van der Waals surface area (Å²) in [5.41, 5.74) is 1.22. The second kappa shape index (κ2) is 31.1. The third-order valence-electron chi connectivity index (χ3n) is 10.8. The average molecular weight is 1310 g/mol. The highest BCUT2D eigenvalue weighted by Gasteiger charge is 2.36. The zero-order chi connectivity index (χ0) is 57.9. The number of nitrogens with one attached hydrogen (secondary N) is 3. The minimum Gasteiger partial charge on any atom is -0.497 e. The van der Waals surface area contributed by atoms with Crippen molar-refractivity contribution in [2.75, 3.05) is 32.7 Å². The van der Waals surface area contributed by atoms with Crippen LogP contribution < -0.4 is 20.7 Å². The number of hydrogen-bond donors (Lipinski definition) is 5. The Hall–Kier alpha value is -3.99. The number of carbonyl (C=O) groups excluding carboxylic acids is 3. The second-order valence-electron chi connectivity index (χ2n) is 21.8. The van der Waals surface area contributed by atoms with E-state index in [1.54, 1.807) is 53.7 Å². The molecule has 428 valence electrons. The number of aliphatic hydroxyl groups excluding tert-OH is 2. The summed E-state index contributed by atoms with van der Waals surface area (Å²) in [6.45, 7) is 20.6. The molecule has 16 nitrogen and oxygen atoms in total. The van der Waals surface area contributed by atoms with Gasteiger partial charge in [-0.2, -0.15) is 4.31 Å². The summed E-state index contributed by atoms with van der Waals surface area (Å²) in [7, 11) is -2.41. The number of amides is 3. The first kappa shape index (κ1) is 67.3. The van der Waals surface area contributed by atoms with Crippen LogP contribution in [0.2, 0.25) is 0 Å². The fraction of sp³-hybridized carbons (Fsp3) is 0.518. The molecule has 5 rings (SSSR count). The molecule has 1 aliphatic rings. The Labute approximate surface area is 486 Å². The van der Waals surface area contributed by atoms with Crippen LogP contribution in [0, 0.1) is 5.92 Å². The highest BCUT2D eigenvalue weighted by atomic mass is 79.9. The molecule has 5 N–H and O–H groups in total. The van der Waals surface area contributed by atoms with Gasteiger partial charge in [0, 0.05) is 26.5 Å². The Balaban J connectivity index is 0.000000325. The number of benzene rings is 4. The molecule has 21 heteroatoms. The van der Waals surface area contributed by atoms with Crippen LogP contribution in [0.25, 0.3) is 0 Å². The third kappa shape index (κ3) is 27.2. The van der Waals surface area contributed by atoms with Crippen molar-refractivity contribution in [1.82, 2.24) is 20.3 Å². The first-order chi connectivity index (χ1) is 35.7. The van der Waals surface area contributed by atoms with E-state index in [0.717, 1.165) is 36.5 Å². The SMILES string of the molecule is CC(C)(C)OC(=O)N[C@@H](Cc1ccc(Br)cc1)[C@H](O)CCl.CC(C)(C)OC(=O)N[C@@H](Cc1ccc(Br)cc1)[C@H]1CO1.COc1ccc(S(=O)(=O)N(CC(C)C)C[C@@H](O)[C@H](Cc2ccc(Br)cc2)NC(=O)OC(C)(C)C)cc1. The third-order valence-corrected chi connectivity index (χ3v) is 14.5. The monoisotopic (exact) mass is 1300 g/mol. The van der Waals surface area contributed by atoms with Crippen LogP contribution in [0.4, 0.5) is 14.4 Å². The first-order valence-corrected chi connectivity index (χ1v) is 29.5. The number of methoxy groups -OCH3 is 1. The molecule has 4 aromatic rings. The Kier molecular flexibility index (Phi) is 27.2. The molecule has 0 unspecified atom stereocenters. The molecule has 4 aromatic carbocycles. The van der Waals surface area contributed by atoms with Crippen LogP contribution in [0.3, 0.4) is 0 Å². The molecule has 1 aliphatic heterocycles. The van der Waals surface area contributed by atoms with Crippen LogP contribution in [-0.4, -0.2) is 127 Å². The van der Waals surface area contributed by atoms with Gasteiger partial charge >= 0.3 is 18.3 Å². The van der Waals surface area contributed by atoms with E-state index < -0.39 is 69.4 Å². The Morgan fingerprint density at radius 2 is 0.987 bits per heavy atom. The summed E-state index contributed by atoms with van der Waals surface area (Å²) < 4.78 is 57.5. The second-order valence-corrected chi connectivity index (χ2v) is 26.8. The summed E-state index contributed by atoms with van der Waals surface area (Å²) in [6, 6.07) is 28.0. The number of epoxide rings is 1. The average Bonchev–Trinajstić information content (AvgIpc) is 4.17. The number of alkyl carbamates (subject to hydrolysis) is 3. The Morgan fingerprint density at radius 1 is 0.623 bits per heavy atom. The largest absolute Gasteiger partial charge is 0.497 e. The number of halogens is 4. The van der Waals surface area contributed by atoms with Crippen molar-refractivity contribution >= 4 is 87.7 Å². The van der Waals surface area contributed by atoms with E-state index in [0.29, 0.717) is 18.8 Å². The molecule has 0 radical (unpaired) electrons. The van der Waals surface area contributed by atoms with Crippen molar-refractivity contribution in [3.63, 3.8) is 0 Å². The zero-order valence-electron chi connectivity index (χ0n) is 46.1. The summed E-state index contributed by atoms with van der Waals surface area (Å²) in [4.78, 5) is 36.4. The number of carbonyl (C=O) groups is 3. The molecule has 0 aliphatic carbocycles. The molecule has 0 saturated carbocycles. The molecule has 6 atom stereocenters. The van der Waals surface area contributed by atoms with Gasteiger partial charge in [0.25, 0.3) is 0 Å². The number of ether oxygens (including phenoxy) is 5. The maximum atomic E-state index is 13.5. The molecule has 0 aromatic heterocycles. The first-order valence-electron chi connectivity index (χ1n) is 25.2. The van der Waals surface area contributed by atoms with Crippen molar-refractivity contribution in [3.05, 3.63) is 127 Å². The van der Waals surface area contributed by atoms with Crippen molar-refractivity contribution in [2.24, 2.45) is 5.92 Å². The number of rotatable bonds is 20. The van der Waals surface area contributed by atoms with E-state index >= 15 is 0 Å². The predicted octanol–water partition coefficient (Wildman–Crippen LogP) is 11.4. The van der Waals surface area contributed by atoms with Gasteiger partial charge in [-0.25, -0.2) is 22.8 Å². The molecular weight excluding hydrogens is 1230 g/mol. The van der Waals surface area contributed by atoms with E-state index in [9.17, 15) is 33.0 Å². The predicted molar refractivity (Wildman–Crippen MR) is 312 cm³/mol. The fourth-order valence-electron chi connectivity index (χ4n) is 7.15. The maximum absolute atomic E-state index is 13.5. The van der Waals surface area contributed by atoms with Gasteiger partial charge in [-0.1, -0.05) is 98.0 Å². The highest BCUT2D eigenvalue weighted by molar-refractivity contribution is 9.11. The highest BCUT2D eigenvalue weighted by Crippen LogP contribution is 2.24. The van der Waals surface area contributed by atoms with Crippen molar-refractivity contribution < 1.29 is 56.7 Å². The topological polar surface area (TPSA) is 215 Å². The van der Waals surface area contributed by atoms with Gasteiger partial charge in [0.05, 0.1) is 54.8 Å². The Bertz CT molecular complexity index is 2540. The molecule has 0 spiro atoms. The van der Waals surface area contributed by atoms with Gasteiger partial charge in [-0.3, -0.25) is 0 Å². The molecule has 1 heterocycles. The zero-order valence-corrected chi connectivity index (χ0v) is 52.4. The number of hydrogen-bond acceptors (Lipinski definition) is 12. The van der Waals surface area contributed by atoms with Crippen molar-refractivity contribution in [3.8, 4) is 5.75 Å². The molecule has 77 heavy (non-hydrogen) atoms. The molecule has 0 bridgehead atoms. The van der Waals surface area contributed by atoms with Crippen molar-refractivity contribution in [2.45, 2.75) is 154 Å². The van der Waals surface area contributed by atoms with E-state index in [1.165, 1.54) is 23.5 Å². The molecule has 3 amide bonds. The van der Waals surface area contributed by atoms with Crippen LogP contribution in [0.1, 0.15) is 92.9 Å². The smallest absolute Gasteiger partial charge is 0.407 e. The lowest BCUT2D eigenvalue weighted by atomic mass is 10.0. The minimum absolute atomic E-state index is 0.00830. The lowest BCUT2D eigenvalue weighted by Gasteiger charge is -2.31. The lowest BCUT2D eigenvalue weighted by Crippen LogP contribution is -2.51. The van der Waals surface area contributed by atoms with E-state index in [2.05, 4.69) is 63.7 Å². The van der Waals surface area contributed by atoms with Gasteiger partial charge in [-0.15, -0.1) is 11.6 Å². The van der Waals surface area contributed by atoms with Gasteiger partial charge in [-0.05, 0) is 165 Å². The molecule has 1 saturated heterocycles. The van der Waals surface area contributed by atoms with Crippen LogP contribution >= 0.6 is 59.4 Å². The summed E-state index contributed by atoms with van der Waals surface area (Å²) in [5.74, 6) is 0.589. The van der Waals surface area contributed by atoms with Gasteiger partial charge in [0.1, 0.15) is 28.7 Å². The van der Waals surface area contributed by atoms with E-state index in [4.69, 9.17) is 35.3 Å². The van der Waals surface area contributed by atoms with E-state index in [1.807, 2.05) is 107 Å². The molecular formula is C56H78Br3ClN4O12S. The number of aliphatic hydroxyl groups is 2. The van der Waals surface area contributed by atoms with Crippen LogP contribution in [0.15, 0.2) is 115 Å². The van der Waals surface area contributed by atoms with Crippen LogP contribution in [-0.2, 0) is 48.2 Å². The van der Waals surface area contributed by atoms with Gasteiger partial charge < -0.3 is 49.8 Å². The number of sulfonamides is 1. The quantitative estimate of drug-likeness (QED) is 0.0318. The van der Waals surface area contributed by atoms with Gasteiger partial charge in [0.15, 0.2) is 0 Å². The minimum atomic E-state index is -3.92. The number of nitrogens with zero attached hydrogens (tertiary/aromatic N) is 1. The standard InChI is InChI=1S/C26H37BrN2O6S.C15H21BrClNO3.C15H20BrNO3/c1-18(2)16-29(36(32,33)22-13-11-21(34-6)12-14-22)17-24(30)23(28-25(31)35-26(3,4)5)15-19-7-9-20(27)10-8-19;1-15(2,3)21-14(20)18-12(13(19)9-17)8-10-4-6-11(16)7-5-10;1-15(2,3)20-14(18)17-12(13-9-19-13)8-10-4-6-11(16)7-5-10/h7-14,18,23-24,30H,15-17H2,1-6H3,(H,28,31);4-7,12-13,19H,8-9H2,1-3H3,(H,18,20);4-7,12-13H,8-9H2,1-3H3,(H,17,18)/t23-,24+;2*12-,13+/m000/s1. The van der Waals surface area contributed by atoms with Crippen molar-refractivity contribution in [1.29, 1.82) is 0 Å². The summed E-state index contributed by atoms with van der Waals surface area (Å²) >= 11 is 15.9. The normalized spacial score (nSPS) is 15.5. The van der Waals surface area contributed by atoms with Gasteiger partial charge in [0.2, 0.25) is 10.0 Å². The fourth-order valence-corrected chi connectivity index (χ4v) is 9.78. The number of alkyl halides is 1. The van der Waals surface area contributed by atoms with Crippen LogP contribution in [0.5, 0.6) is 5.75 Å². The summed E-state index contributed by atoms with van der Waals surface area (Å²) in [6.07, 6.45) is -2.11. The lowest BCUT2D eigenvalue weighted by molar-refractivity contribution is 0.0398. The van der Waals surface area contributed by atoms with E-state index in [-0.39, 0.29) is 48.3 Å². The summed E-state index contributed by atoms with van der Waals surface area (Å²) in [5, 5.41) is 29.5. The Morgan fingerprint density at radius 3 is 1.32 bits per heavy atom. The maximum Gasteiger partial charge on any atom is 0.407 e. The molecule has 1 fully saturated rings.